The molecule has 0 bridgehead atoms. The minimum absolute atomic E-state index is 0.205. The van der Waals surface area contributed by atoms with Crippen molar-refractivity contribution in [3.63, 3.8) is 0 Å². The molecular formula is C10H17NO2. The van der Waals surface area contributed by atoms with Crippen molar-refractivity contribution < 1.29 is 9.53 Å². The molecule has 2 saturated heterocycles. The van der Waals surface area contributed by atoms with Crippen LogP contribution < -0.4 is 5.32 Å². The Bertz CT molecular complexity index is 205. The summed E-state index contributed by atoms with van der Waals surface area (Å²) in [4.78, 5) is 10.9. The van der Waals surface area contributed by atoms with Gasteiger partial charge in [-0.2, -0.15) is 0 Å². The highest BCUT2D eigenvalue weighted by Crippen LogP contribution is 2.24. The van der Waals surface area contributed by atoms with Crippen LogP contribution in [0.15, 0.2) is 0 Å². The first kappa shape index (κ1) is 9.00. The Morgan fingerprint density at radius 3 is 2.85 bits per heavy atom. The monoisotopic (exact) mass is 183 g/mol. The Kier molecular flexibility index (Phi) is 2.54. The Morgan fingerprint density at radius 2 is 2.31 bits per heavy atom. The first-order valence-electron chi connectivity index (χ1n) is 5.19. The van der Waals surface area contributed by atoms with Crippen LogP contribution in [-0.2, 0) is 9.53 Å². The summed E-state index contributed by atoms with van der Waals surface area (Å²) in [6, 6.07) is 0.378. The Labute approximate surface area is 78.8 Å². The van der Waals surface area contributed by atoms with Crippen molar-refractivity contribution in [2.24, 2.45) is 0 Å². The van der Waals surface area contributed by atoms with E-state index in [1.165, 1.54) is 6.42 Å². The van der Waals surface area contributed by atoms with Crippen LogP contribution in [0.3, 0.4) is 0 Å². The summed E-state index contributed by atoms with van der Waals surface area (Å²) in [5.41, 5.74) is 0. The summed E-state index contributed by atoms with van der Waals surface area (Å²) in [6.45, 7) is 2.12. The van der Waals surface area contributed by atoms with Gasteiger partial charge >= 0.3 is 0 Å². The Hall–Kier alpha value is -0.570. The van der Waals surface area contributed by atoms with Gasteiger partial charge < -0.3 is 10.1 Å². The summed E-state index contributed by atoms with van der Waals surface area (Å²) in [5.74, 6) is 0.205. The maximum atomic E-state index is 10.9. The van der Waals surface area contributed by atoms with E-state index >= 15 is 0 Å². The van der Waals surface area contributed by atoms with Crippen molar-refractivity contribution >= 4 is 5.91 Å². The number of hydrogen-bond donors (Lipinski definition) is 1. The van der Waals surface area contributed by atoms with E-state index in [1.54, 1.807) is 0 Å². The lowest BCUT2D eigenvalue weighted by Crippen LogP contribution is -2.29. The van der Waals surface area contributed by atoms with E-state index < -0.39 is 0 Å². The van der Waals surface area contributed by atoms with Gasteiger partial charge in [-0.05, 0) is 32.6 Å². The molecule has 0 aromatic carbocycles. The summed E-state index contributed by atoms with van der Waals surface area (Å²) in [5, 5.41) is 2.98. The molecule has 3 heteroatoms. The van der Waals surface area contributed by atoms with Gasteiger partial charge in [0.25, 0.3) is 0 Å². The lowest BCUT2D eigenvalue weighted by Gasteiger charge is -2.15. The molecule has 2 heterocycles. The molecule has 1 N–H and O–H groups in total. The lowest BCUT2D eigenvalue weighted by atomic mass is 10.1. The van der Waals surface area contributed by atoms with E-state index in [4.69, 9.17) is 4.74 Å². The van der Waals surface area contributed by atoms with Gasteiger partial charge in [0.2, 0.25) is 5.91 Å². The van der Waals surface area contributed by atoms with Gasteiger partial charge in [0.1, 0.15) is 0 Å². The molecule has 0 saturated carbocycles. The highest BCUT2D eigenvalue weighted by atomic mass is 16.5. The lowest BCUT2D eigenvalue weighted by molar-refractivity contribution is -0.119. The van der Waals surface area contributed by atoms with Crippen LogP contribution >= 0.6 is 0 Å². The zero-order valence-corrected chi connectivity index (χ0v) is 8.08. The standard InChI is InChI=1S/C10H17NO2/c1-7-2-4-9(13-7)6-8-3-5-10(12)11-8/h7-9H,2-6H2,1H3,(H,11,12). The van der Waals surface area contributed by atoms with Crippen LogP contribution in [-0.4, -0.2) is 24.2 Å². The number of rotatable bonds is 2. The van der Waals surface area contributed by atoms with Crippen LogP contribution in [0.2, 0.25) is 0 Å². The van der Waals surface area contributed by atoms with Gasteiger partial charge in [-0.3, -0.25) is 4.79 Å². The number of hydrogen-bond acceptors (Lipinski definition) is 2. The van der Waals surface area contributed by atoms with Gasteiger partial charge in [-0.1, -0.05) is 0 Å². The summed E-state index contributed by atoms with van der Waals surface area (Å²) in [7, 11) is 0. The van der Waals surface area contributed by atoms with Crippen LogP contribution in [0.1, 0.15) is 39.0 Å². The van der Waals surface area contributed by atoms with Crippen LogP contribution in [0.5, 0.6) is 0 Å². The van der Waals surface area contributed by atoms with Crippen molar-refractivity contribution in [2.75, 3.05) is 0 Å². The first-order valence-corrected chi connectivity index (χ1v) is 5.19. The molecule has 2 aliphatic rings. The van der Waals surface area contributed by atoms with Crippen molar-refractivity contribution in [3.05, 3.63) is 0 Å². The van der Waals surface area contributed by atoms with Crippen LogP contribution in [0, 0.1) is 0 Å². The smallest absolute Gasteiger partial charge is 0.220 e. The summed E-state index contributed by atoms with van der Waals surface area (Å²) < 4.78 is 5.71. The second-order valence-corrected chi connectivity index (χ2v) is 4.18. The fourth-order valence-corrected chi connectivity index (χ4v) is 2.23. The van der Waals surface area contributed by atoms with Crippen LogP contribution in [0.4, 0.5) is 0 Å². The van der Waals surface area contributed by atoms with Crippen LogP contribution in [0.25, 0.3) is 0 Å². The minimum atomic E-state index is 0.205. The van der Waals surface area contributed by atoms with Crippen molar-refractivity contribution in [1.29, 1.82) is 0 Å². The Balaban J connectivity index is 1.75. The third-order valence-corrected chi connectivity index (χ3v) is 2.95. The van der Waals surface area contributed by atoms with E-state index in [2.05, 4.69) is 12.2 Å². The highest BCUT2D eigenvalue weighted by molar-refractivity contribution is 5.78. The SMILES string of the molecule is CC1CCC(CC2CCC(=O)N2)O1. The number of amides is 1. The molecule has 0 spiro atoms. The molecule has 3 atom stereocenters. The summed E-state index contributed by atoms with van der Waals surface area (Å²) >= 11 is 0. The van der Waals surface area contributed by atoms with E-state index in [-0.39, 0.29) is 5.91 Å². The third kappa shape index (κ3) is 2.21. The topological polar surface area (TPSA) is 38.3 Å². The maximum absolute atomic E-state index is 10.9. The second-order valence-electron chi connectivity index (χ2n) is 4.18. The highest BCUT2D eigenvalue weighted by Gasteiger charge is 2.28. The van der Waals surface area contributed by atoms with Gasteiger partial charge in [0.15, 0.2) is 0 Å². The molecule has 2 fully saturated rings. The molecule has 3 nitrogen and oxygen atoms in total. The molecule has 13 heavy (non-hydrogen) atoms. The average molecular weight is 183 g/mol. The number of ether oxygens (including phenoxy) is 1. The predicted molar refractivity (Wildman–Crippen MR) is 49.4 cm³/mol. The predicted octanol–water partition coefficient (Wildman–Crippen LogP) is 1.22. The van der Waals surface area contributed by atoms with Gasteiger partial charge in [-0.15, -0.1) is 0 Å². The van der Waals surface area contributed by atoms with E-state index in [9.17, 15) is 4.79 Å². The average Bonchev–Trinajstić information content (AvgIpc) is 2.62. The normalized spacial score (nSPS) is 39.5. The number of nitrogens with one attached hydrogen (secondary N) is 1. The largest absolute Gasteiger partial charge is 0.375 e. The second kappa shape index (κ2) is 3.66. The molecule has 2 aliphatic heterocycles. The van der Waals surface area contributed by atoms with Crippen molar-refractivity contribution in [3.8, 4) is 0 Å². The van der Waals surface area contributed by atoms with E-state index in [0.717, 1.165) is 19.3 Å². The van der Waals surface area contributed by atoms with Gasteiger partial charge in [-0.25, -0.2) is 0 Å². The van der Waals surface area contributed by atoms with E-state index in [1.807, 2.05) is 0 Å². The first-order chi connectivity index (χ1) is 6.24. The molecule has 1 amide bonds. The molecule has 0 aromatic rings. The molecule has 0 radical (unpaired) electrons. The maximum Gasteiger partial charge on any atom is 0.220 e. The number of carbonyl (C=O) groups is 1. The zero-order valence-electron chi connectivity index (χ0n) is 8.08. The number of carbonyl (C=O) groups excluding carboxylic acids is 1. The van der Waals surface area contributed by atoms with Crippen molar-refractivity contribution in [2.45, 2.75) is 57.3 Å². The quantitative estimate of drug-likeness (QED) is 0.699. The summed E-state index contributed by atoms with van der Waals surface area (Å²) in [6.07, 6.45) is 5.84. The fraction of sp³-hybridized carbons (Fsp3) is 0.900. The van der Waals surface area contributed by atoms with E-state index in [0.29, 0.717) is 24.7 Å². The van der Waals surface area contributed by atoms with Gasteiger partial charge in [0, 0.05) is 12.5 Å². The molecule has 3 unspecified atom stereocenters. The Morgan fingerprint density at radius 1 is 1.46 bits per heavy atom. The zero-order chi connectivity index (χ0) is 9.26. The van der Waals surface area contributed by atoms with Crippen molar-refractivity contribution in [1.82, 2.24) is 5.32 Å². The third-order valence-electron chi connectivity index (χ3n) is 2.95. The fourth-order valence-electron chi connectivity index (χ4n) is 2.23. The molecular weight excluding hydrogens is 166 g/mol. The molecule has 0 aliphatic carbocycles. The molecule has 0 aromatic heterocycles. The molecule has 2 rings (SSSR count). The van der Waals surface area contributed by atoms with Gasteiger partial charge in [0.05, 0.1) is 12.2 Å². The minimum Gasteiger partial charge on any atom is -0.375 e. The molecule has 74 valence electrons.